The van der Waals surface area contributed by atoms with Crippen LogP contribution in [-0.4, -0.2) is 41.5 Å². The molecule has 0 aromatic rings. The van der Waals surface area contributed by atoms with E-state index in [-0.39, 0.29) is 5.91 Å². The number of hydrogen-bond acceptors (Lipinski definition) is 3. The van der Waals surface area contributed by atoms with Crippen molar-refractivity contribution in [1.29, 1.82) is 0 Å². The van der Waals surface area contributed by atoms with Gasteiger partial charge in [0.15, 0.2) is 0 Å². The molecule has 1 aliphatic heterocycles. The second kappa shape index (κ2) is 5.34. The number of hydrogen-bond donors (Lipinski definition) is 1. The van der Waals surface area contributed by atoms with Gasteiger partial charge in [-0.2, -0.15) is 0 Å². The number of amides is 2. The van der Waals surface area contributed by atoms with Crippen LogP contribution in [0, 0.1) is 5.41 Å². The van der Waals surface area contributed by atoms with Crippen LogP contribution in [0.15, 0.2) is 0 Å². The Hall–Kier alpha value is -0.970. The third kappa shape index (κ3) is 3.51. The lowest BCUT2D eigenvalue weighted by molar-refractivity contribution is -0.138. The molecule has 1 rings (SSSR count). The van der Waals surface area contributed by atoms with E-state index in [0.717, 1.165) is 0 Å². The molecule has 0 aromatic heterocycles. The van der Waals surface area contributed by atoms with Gasteiger partial charge in [0.25, 0.3) is 0 Å². The zero-order valence-corrected chi connectivity index (χ0v) is 11.9. The number of likely N-dealkylation sites (tertiary alicyclic amines) is 1. The first-order valence-corrected chi connectivity index (χ1v) is 6.57. The highest BCUT2D eigenvalue weighted by atomic mass is 35.5. The lowest BCUT2D eigenvalue weighted by Crippen LogP contribution is -2.64. The van der Waals surface area contributed by atoms with Crippen LogP contribution in [0.1, 0.15) is 33.6 Å². The summed E-state index contributed by atoms with van der Waals surface area (Å²) in [6.45, 7) is 6.07. The van der Waals surface area contributed by atoms with E-state index in [1.54, 1.807) is 20.8 Å². The van der Waals surface area contributed by atoms with Crippen molar-refractivity contribution in [2.45, 2.75) is 39.2 Å². The molecule has 1 heterocycles. The van der Waals surface area contributed by atoms with E-state index in [1.165, 1.54) is 4.90 Å². The molecule has 0 spiro atoms. The Morgan fingerprint density at radius 3 is 2.33 bits per heavy atom. The zero-order valence-electron chi connectivity index (χ0n) is 11.2. The summed E-state index contributed by atoms with van der Waals surface area (Å²) in [7, 11) is 0. The minimum atomic E-state index is -0.619. The van der Waals surface area contributed by atoms with Gasteiger partial charge >= 0.3 is 6.09 Å². The average molecular weight is 277 g/mol. The van der Waals surface area contributed by atoms with Gasteiger partial charge in [-0.05, 0) is 33.6 Å². The highest BCUT2D eigenvalue weighted by Gasteiger charge is 2.50. The number of nitrogens with zero attached hydrogens (tertiary/aromatic N) is 1. The first-order chi connectivity index (χ1) is 8.20. The Kier molecular flexibility index (Phi) is 4.48. The van der Waals surface area contributed by atoms with Crippen molar-refractivity contribution in [3.8, 4) is 0 Å². The van der Waals surface area contributed by atoms with Crippen molar-refractivity contribution in [3.05, 3.63) is 0 Å². The predicted molar refractivity (Wildman–Crippen MR) is 69.4 cm³/mol. The Balaban J connectivity index is 2.53. The van der Waals surface area contributed by atoms with Crippen molar-refractivity contribution >= 4 is 23.6 Å². The molecule has 2 amide bonds. The number of primary amides is 1. The summed E-state index contributed by atoms with van der Waals surface area (Å²) in [6, 6.07) is 0. The van der Waals surface area contributed by atoms with Gasteiger partial charge in [0, 0.05) is 19.0 Å². The summed E-state index contributed by atoms with van der Waals surface area (Å²) < 4.78 is 5.23. The van der Waals surface area contributed by atoms with E-state index < -0.39 is 17.1 Å². The van der Waals surface area contributed by atoms with E-state index in [4.69, 9.17) is 22.1 Å². The standard InChI is InChI=1S/C12H21ClN2O3/c1-11(2,3)18-10(17)15-7-12(8-15,9(14)16)5-4-6-13/h4-8H2,1-3H3,(H2,14,16). The third-order valence-electron chi connectivity index (χ3n) is 2.95. The molecular formula is C12H21ClN2O3. The number of ether oxygens (including phenoxy) is 1. The largest absolute Gasteiger partial charge is 0.444 e. The van der Waals surface area contributed by atoms with Crippen molar-refractivity contribution in [3.63, 3.8) is 0 Å². The van der Waals surface area contributed by atoms with Crippen LogP contribution in [0.4, 0.5) is 4.79 Å². The van der Waals surface area contributed by atoms with Crippen molar-refractivity contribution in [1.82, 2.24) is 4.90 Å². The molecule has 0 aromatic carbocycles. The van der Waals surface area contributed by atoms with E-state index >= 15 is 0 Å². The lowest BCUT2D eigenvalue weighted by atomic mass is 9.75. The fourth-order valence-electron chi connectivity index (χ4n) is 1.98. The molecular weight excluding hydrogens is 256 g/mol. The molecule has 1 fully saturated rings. The second-order valence-electron chi connectivity index (χ2n) is 5.77. The van der Waals surface area contributed by atoms with Gasteiger partial charge in [-0.25, -0.2) is 4.79 Å². The first kappa shape index (κ1) is 15.1. The van der Waals surface area contributed by atoms with Crippen molar-refractivity contribution in [2.75, 3.05) is 19.0 Å². The van der Waals surface area contributed by atoms with E-state index in [0.29, 0.717) is 31.8 Å². The summed E-state index contributed by atoms with van der Waals surface area (Å²) in [5.74, 6) is 0.119. The van der Waals surface area contributed by atoms with Gasteiger partial charge in [0.05, 0.1) is 5.41 Å². The molecule has 0 unspecified atom stereocenters. The zero-order chi connectivity index (χ0) is 14.0. The van der Waals surface area contributed by atoms with Crippen LogP contribution < -0.4 is 5.73 Å². The number of carbonyl (C=O) groups excluding carboxylic acids is 2. The third-order valence-corrected chi connectivity index (χ3v) is 3.22. The number of nitrogens with two attached hydrogens (primary N) is 1. The highest BCUT2D eigenvalue weighted by molar-refractivity contribution is 6.17. The number of alkyl halides is 1. The summed E-state index contributed by atoms with van der Waals surface area (Å²) >= 11 is 5.62. The van der Waals surface area contributed by atoms with Crippen LogP contribution in [0.5, 0.6) is 0 Å². The minimum Gasteiger partial charge on any atom is -0.444 e. The molecule has 18 heavy (non-hydrogen) atoms. The minimum absolute atomic E-state index is 0.328. The molecule has 0 atom stereocenters. The van der Waals surface area contributed by atoms with E-state index in [1.807, 2.05) is 0 Å². The van der Waals surface area contributed by atoms with Crippen LogP contribution in [0.25, 0.3) is 0 Å². The predicted octanol–water partition coefficient (Wildman–Crippen LogP) is 1.73. The Morgan fingerprint density at radius 1 is 1.39 bits per heavy atom. The smallest absolute Gasteiger partial charge is 0.410 e. The van der Waals surface area contributed by atoms with Crippen molar-refractivity contribution in [2.24, 2.45) is 11.1 Å². The molecule has 104 valence electrons. The van der Waals surface area contributed by atoms with Crippen LogP contribution >= 0.6 is 11.6 Å². The monoisotopic (exact) mass is 276 g/mol. The van der Waals surface area contributed by atoms with Crippen LogP contribution in [-0.2, 0) is 9.53 Å². The fraction of sp³-hybridized carbons (Fsp3) is 0.833. The fourth-order valence-corrected chi connectivity index (χ4v) is 2.12. The quantitative estimate of drug-likeness (QED) is 0.795. The van der Waals surface area contributed by atoms with Gasteiger partial charge in [0.1, 0.15) is 5.60 Å². The normalized spacial score (nSPS) is 18.1. The van der Waals surface area contributed by atoms with E-state index in [9.17, 15) is 9.59 Å². The number of rotatable bonds is 4. The molecule has 1 saturated heterocycles. The molecule has 0 saturated carbocycles. The van der Waals surface area contributed by atoms with Gasteiger partial charge < -0.3 is 15.4 Å². The van der Waals surface area contributed by atoms with Crippen LogP contribution in [0.3, 0.4) is 0 Å². The summed E-state index contributed by atoms with van der Waals surface area (Å²) in [4.78, 5) is 24.7. The molecule has 6 heteroatoms. The van der Waals surface area contributed by atoms with Crippen molar-refractivity contribution < 1.29 is 14.3 Å². The molecule has 1 aliphatic rings. The Labute approximate surface area is 113 Å². The molecule has 0 radical (unpaired) electrons. The number of carbonyl (C=O) groups is 2. The maximum atomic E-state index is 11.8. The van der Waals surface area contributed by atoms with Crippen LogP contribution in [0.2, 0.25) is 0 Å². The van der Waals surface area contributed by atoms with E-state index in [2.05, 4.69) is 0 Å². The molecule has 2 N–H and O–H groups in total. The SMILES string of the molecule is CC(C)(C)OC(=O)N1CC(CCCCl)(C(N)=O)C1. The van der Waals surface area contributed by atoms with Gasteiger partial charge in [-0.3, -0.25) is 4.79 Å². The highest BCUT2D eigenvalue weighted by Crippen LogP contribution is 2.36. The average Bonchev–Trinajstić information content (AvgIpc) is 2.12. The first-order valence-electron chi connectivity index (χ1n) is 6.04. The summed E-state index contributed by atoms with van der Waals surface area (Å²) in [5.41, 5.74) is 4.25. The molecule has 0 bridgehead atoms. The lowest BCUT2D eigenvalue weighted by Gasteiger charge is -2.47. The number of halogens is 1. The maximum absolute atomic E-state index is 11.8. The molecule has 5 nitrogen and oxygen atoms in total. The topological polar surface area (TPSA) is 72.6 Å². The van der Waals surface area contributed by atoms with Gasteiger partial charge in [-0.15, -0.1) is 11.6 Å². The molecule has 0 aliphatic carbocycles. The second-order valence-corrected chi connectivity index (χ2v) is 6.15. The maximum Gasteiger partial charge on any atom is 0.410 e. The Morgan fingerprint density at radius 2 is 1.94 bits per heavy atom. The summed E-state index contributed by atoms with van der Waals surface area (Å²) in [6.07, 6.45) is 0.933. The summed E-state index contributed by atoms with van der Waals surface area (Å²) in [5, 5.41) is 0. The Bertz CT molecular complexity index is 333. The van der Waals surface area contributed by atoms with Gasteiger partial charge in [-0.1, -0.05) is 0 Å². The van der Waals surface area contributed by atoms with Gasteiger partial charge in [0.2, 0.25) is 5.91 Å².